The van der Waals surface area contributed by atoms with Gasteiger partial charge >= 0.3 is 5.97 Å². The van der Waals surface area contributed by atoms with E-state index in [1.165, 1.54) is 10.8 Å². The molecule has 4 nitrogen and oxygen atoms in total. The zero-order chi connectivity index (χ0) is 14.8. The van der Waals surface area contributed by atoms with Gasteiger partial charge in [-0.1, -0.05) is 49.1 Å². The molecule has 1 aliphatic rings. The smallest absolute Gasteiger partial charge is 0.322 e. The average Bonchev–Trinajstić information content (AvgIpc) is 2.38. The van der Waals surface area contributed by atoms with Crippen molar-refractivity contribution in [2.45, 2.75) is 32.2 Å². The van der Waals surface area contributed by atoms with Crippen LogP contribution in [0.15, 0.2) is 24.3 Å². The molecule has 0 bridgehead atoms. The number of carbonyl (C=O) groups is 1. The van der Waals surface area contributed by atoms with E-state index in [1.54, 1.807) is 0 Å². The van der Waals surface area contributed by atoms with Crippen molar-refractivity contribution < 1.29 is 9.90 Å². The highest BCUT2D eigenvalue weighted by Gasteiger charge is 2.28. The molecule has 2 N–H and O–H groups in total. The fraction of sp³-hybridized carbons (Fsp3) is 0.533. The molecule has 0 saturated carbocycles. The van der Waals surface area contributed by atoms with Crippen molar-refractivity contribution >= 4 is 19.2 Å². The standard InChI is InChI=1S/C15H24N2O2Si/c1-20(2,3)13-6-4-12(5-7-13)11-17-9-8-16-10-14(17)15(18)19/h4-7,14,16H,8-11H2,1-3H3,(H,18,19). The Kier molecular flexibility index (Phi) is 4.62. The molecule has 1 atom stereocenters. The Morgan fingerprint density at radius 3 is 2.55 bits per heavy atom. The van der Waals surface area contributed by atoms with Crippen LogP contribution < -0.4 is 10.5 Å². The van der Waals surface area contributed by atoms with Gasteiger partial charge in [0, 0.05) is 26.2 Å². The van der Waals surface area contributed by atoms with Crippen molar-refractivity contribution in [2.75, 3.05) is 19.6 Å². The lowest BCUT2D eigenvalue weighted by atomic mass is 10.1. The van der Waals surface area contributed by atoms with E-state index in [4.69, 9.17) is 0 Å². The summed E-state index contributed by atoms with van der Waals surface area (Å²) in [6.45, 7) is 9.88. The molecule has 2 rings (SSSR count). The van der Waals surface area contributed by atoms with Crippen molar-refractivity contribution in [2.24, 2.45) is 0 Å². The van der Waals surface area contributed by atoms with Crippen molar-refractivity contribution in [1.29, 1.82) is 0 Å². The summed E-state index contributed by atoms with van der Waals surface area (Å²) in [7, 11) is -1.26. The minimum absolute atomic E-state index is 0.416. The highest BCUT2D eigenvalue weighted by molar-refractivity contribution is 6.88. The molecular weight excluding hydrogens is 268 g/mol. The molecule has 20 heavy (non-hydrogen) atoms. The summed E-state index contributed by atoms with van der Waals surface area (Å²) in [5.74, 6) is -0.740. The zero-order valence-electron chi connectivity index (χ0n) is 12.5. The number of carboxylic acids is 1. The number of aliphatic carboxylic acids is 1. The van der Waals surface area contributed by atoms with Gasteiger partial charge in [-0.25, -0.2) is 0 Å². The van der Waals surface area contributed by atoms with Crippen LogP contribution in [0.1, 0.15) is 5.56 Å². The van der Waals surface area contributed by atoms with Gasteiger partial charge in [0.05, 0.1) is 8.07 Å². The van der Waals surface area contributed by atoms with Crippen LogP contribution in [0.25, 0.3) is 0 Å². The predicted octanol–water partition coefficient (Wildman–Crippen LogP) is 1.09. The van der Waals surface area contributed by atoms with Crippen LogP contribution in [0.2, 0.25) is 19.6 Å². The topological polar surface area (TPSA) is 52.6 Å². The highest BCUT2D eigenvalue weighted by atomic mass is 28.3. The number of carboxylic acid groups (broad SMARTS) is 1. The van der Waals surface area contributed by atoms with Gasteiger partial charge in [-0.05, 0) is 5.56 Å². The molecule has 0 aliphatic carbocycles. The maximum Gasteiger partial charge on any atom is 0.322 e. The summed E-state index contributed by atoms with van der Waals surface area (Å²) in [6, 6.07) is 8.29. The fourth-order valence-electron chi connectivity index (χ4n) is 2.52. The maximum absolute atomic E-state index is 11.3. The number of rotatable bonds is 4. The van der Waals surface area contributed by atoms with Gasteiger partial charge in [0.25, 0.3) is 0 Å². The Bertz CT molecular complexity index is 468. The summed E-state index contributed by atoms with van der Waals surface area (Å²) in [4.78, 5) is 13.3. The molecule has 1 saturated heterocycles. The van der Waals surface area contributed by atoms with Crippen molar-refractivity contribution in [3.8, 4) is 0 Å². The van der Waals surface area contributed by atoms with E-state index < -0.39 is 20.1 Å². The van der Waals surface area contributed by atoms with Gasteiger partial charge < -0.3 is 10.4 Å². The molecule has 1 heterocycles. The maximum atomic E-state index is 11.3. The molecule has 0 spiro atoms. The van der Waals surface area contributed by atoms with Crippen molar-refractivity contribution in [1.82, 2.24) is 10.2 Å². The van der Waals surface area contributed by atoms with Crippen LogP contribution in [0.3, 0.4) is 0 Å². The third-order valence-electron chi connectivity index (χ3n) is 3.84. The molecule has 1 fully saturated rings. The minimum Gasteiger partial charge on any atom is -0.480 e. The summed E-state index contributed by atoms with van der Waals surface area (Å²) in [6.07, 6.45) is 0. The molecule has 110 valence electrons. The molecule has 0 radical (unpaired) electrons. The Hall–Kier alpha value is -1.17. The van der Waals surface area contributed by atoms with Gasteiger partial charge in [-0.3, -0.25) is 9.69 Å². The predicted molar refractivity (Wildman–Crippen MR) is 84.1 cm³/mol. The average molecular weight is 292 g/mol. The third-order valence-corrected chi connectivity index (χ3v) is 5.91. The van der Waals surface area contributed by atoms with Gasteiger partial charge in [0.15, 0.2) is 0 Å². The van der Waals surface area contributed by atoms with Crippen LogP contribution in [-0.4, -0.2) is 49.7 Å². The number of hydrogen-bond donors (Lipinski definition) is 2. The first-order chi connectivity index (χ1) is 9.38. The van der Waals surface area contributed by atoms with Crippen LogP contribution >= 0.6 is 0 Å². The second-order valence-electron chi connectivity index (χ2n) is 6.48. The van der Waals surface area contributed by atoms with E-state index in [0.717, 1.165) is 13.1 Å². The summed E-state index contributed by atoms with van der Waals surface area (Å²) < 4.78 is 0. The lowest BCUT2D eigenvalue weighted by molar-refractivity contribution is -0.144. The Morgan fingerprint density at radius 2 is 2.00 bits per heavy atom. The molecule has 0 amide bonds. The number of piperazine rings is 1. The van der Waals surface area contributed by atoms with E-state index in [-0.39, 0.29) is 0 Å². The molecule has 1 aromatic rings. The van der Waals surface area contributed by atoms with Crippen molar-refractivity contribution in [3.63, 3.8) is 0 Å². The summed E-state index contributed by atoms with van der Waals surface area (Å²) >= 11 is 0. The number of benzene rings is 1. The SMILES string of the molecule is C[Si](C)(C)c1ccc(CN2CCNCC2C(=O)O)cc1. The molecule has 1 aromatic carbocycles. The van der Waals surface area contributed by atoms with E-state index in [2.05, 4.69) is 49.2 Å². The number of hydrogen-bond acceptors (Lipinski definition) is 3. The van der Waals surface area contributed by atoms with E-state index in [0.29, 0.717) is 13.1 Å². The third kappa shape index (κ3) is 3.68. The monoisotopic (exact) mass is 292 g/mol. The Labute approximate surface area is 121 Å². The van der Waals surface area contributed by atoms with Crippen LogP contribution in [-0.2, 0) is 11.3 Å². The van der Waals surface area contributed by atoms with Crippen LogP contribution in [0.5, 0.6) is 0 Å². The van der Waals surface area contributed by atoms with Gasteiger partial charge in [0.1, 0.15) is 6.04 Å². The minimum atomic E-state index is -1.26. The highest BCUT2D eigenvalue weighted by Crippen LogP contribution is 2.11. The quantitative estimate of drug-likeness (QED) is 0.816. The molecule has 1 unspecified atom stereocenters. The first-order valence-corrected chi connectivity index (χ1v) is 10.6. The number of nitrogens with one attached hydrogen (secondary N) is 1. The molecule has 1 aliphatic heterocycles. The molecular formula is C15H24N2O2Si. The van der Waals surface area contributed by atoms with E-state index >= 15 is 0 Å². The first-order valence-electron chi connectivity index (χ1n) is 7.15. The fourth-order valence-corrected chi connectivity index (χ4v) is 3.69. The zero-order valence-corrected chi connectivity index (χ0v) is 13.5. The number of nitrogens with zero attached hydrogens (tertiary/aromatic N) is 1. The normalized spacial score (nSPS) is 20.9. The Morgan fingerprint density at radius 1 is 1.35 bits per heavy atom. The first kappa shape index (κ1) is 15.2. The van der Waals surface area contributed by atoms with Crippen LogP contribution in [0, 0.1) is 0 Å². The molecule has 5 heteroatoms. The van der Waals surface area contributed by atoms with E-state index in [1.807, 2.05) is 4.90 Å². The molecule has 0 aromatic heterocycles. The lowest BCUT2D eigenvalue weighted by Crippen LogP contribution is -2.54. The van der Waals surface area contributed by atoms with Gasteiger partial charge in [-0.15, -0.1) is 0 Å². The summed E-state index contributed by atoms with van der Waals surface area (Å²) in [5.41, 5.74) is 1.19. The second-order valence-corrected chi connectivity index (χ2v) is 11.6. The largest absolute Gasteiger partial charge is 0.480 e. The lowest BCUT2D eigenvalue weighted by Gasteiger charge is -2.33. The van der Waals surface area contributed by atoms with E-state index in [9.17, 15) is 9.90 Å². The summed E-state index contributed by atoms with van der Waals surface area (Å²) in [5, 5.41) is 13.8. The van der Waals surface area contributed by atoms with Crippen LogP contribution in [0.4, 0.5) is 0 Å². The van der Waals surface area contributed by atoms with Crippen molar-refractivity contribution in [3.05, 3.63) is 29.8 Å². The van der Waals surface area contributed by atoms with Gasteiger partial charge in [-0.2, -0.15) is 0 Å². The Balaban J connectivity index is 2.07. The van der Waals surface area contributed by atoms with Gasteiger partial charge in [0.2, 0.25) is 0 Å². The second kappa shape index (κ2) is 6.07.